The summed E-state index contributed by atoms with van der Waals surface area (Å²) in [5, 5.41) is 2.86. The van der Waals surface area contributed by atoms with E-state index in [2.05, 4.69) is 19.2 Å². The maximum absolute atomic E-state index is 11.7. The Bertz CT molecular complexity index is 334. The lowest BCUT2D eigenvalue weighted by Crippen LogP contribution is -2.27. The lowest BCUT2D eigenvalue weighted by Gasteiger charge is -2.08. The first-order valence-corrected chi connectivity index (χ1v) is 5.05. The molecule has 0 saturated carbocycles. The number of carbonyl (C=O) groups is 1. The number of hydrogen-bond donors (Lipinski definition) is 1. The van der Waals surface area contributed by atoms with Gasteiger partial charge in [-0.05, 0) is 24.1 Å². The van der Waals surface area contributed by atoms with Gasteiger partial charge in [-0.1, -0.05) is 19.9 Å². The molecule has 1 rings (SSSR count). The van der Waals surface area contributed by atoms with Gasteiger partial charge in [0.1, 0.15) is 5.75 Å². The molecule has 15 heavy (non-hydrogen) atoms. The van der Waals surface area contributed by atoms with Crippen molar-refractivity contribution in [3.63, 3.8) is 0 Å². The number of carbonyl (C=O) groups excluding carboxylic acids is 1. The van der Waals surface area contributed by atoms with Gasteiger partial charge in [-0.25, -0.2) is 0 Å². The minimum Gasteiger partial charge on any atom is -0.497 e. The van der Waals surface area contributed by atoms with E-state index in [0.29, 0.717) is 23.8 Å². The average Bonchev–Trinajstić information content (AvgIpc) is 2.26. The van der Waals surface area contributed by atoms with Gasteiger partial charge in [0.15, 0.2) is 0 Å². The zero-order valence-corrected chi connectivity index (χ0v) is 9.41. The van der Waals surface area contributed by atoms with Crippen molar-refractivity contribution in [1.82, 2.24) is 5.32 Å². The molecular formula is C12H17NO2. The quantitative estimate of drug-likeness (QED) is 0.821. The van der Waals surface area contributed by atoms with Gasteiger partial charge in [-0.2, -0.15) is 0 Å². The largest absolute Gasteiger partial charge is 0.497 e. The Kier molecular flexibility index (Phi) is 4.16. The smallest absolute Gasteiger partial charge is 0.251 e. The molecule has 0 aliphatic carbocycles. The molecule has 82 valence electrons. The highest BCUT2D eigenvalue weighted by Crippen LogP contribution is 2.12. The van der Waals surface area contributed by atoms with Crippen LogP contribution in [0.5, 0.6) is 5.75 Å². The maximum Gasteiger partial charge on any atom is 0.251 e. The van der Waals surface area contributed by atoms with Crippen LogP contribution in [0.2, 0.25) is 0 Å². The van der Waals surface area contributed by atoms with E-state index >= 15 is 0 Å². The fraction of sp³-hybridized carbons (Fsp3) is 0.417. The predicted molar refractivity (Wildman–Crippen MR) is 60.2 cm³/mol. The first-order valence-electron chi connectivity index (χ1n) is 5.05. The van der Waals surface area contributed by atoms with E-state index in [4.69, 9.17) is 4.74 Å². The fourth-order valence-corrected chi connectivity index (χ4v) is 1.16. The Morgan fingerprint density at radius 2 is 2.20 bits per heavy atom. The number of rotatable bonds is 4. The molecule has 0 bridgehead atoms. The number of methoxy groups -OCH3 is 1. The summed E-state index contributed by atoms with van der Waals surface area (Å²) in [5.41, 5.74) is 0.634. The maximum atomic E-state index is 11.7. The van der Waals surface area contributed by atoms with E-state index < -0.39 is 0 Å². The molecule has 1 aromatic carbocycles. The number of amides is 1. The molecular weight excluding hydrogens is 190 g/mol. The molecule has 1 amide bonds. The molecule has 0 saturated heterocycles. The summed E-state index contributed by atoms with van der Waals surface area (Å²) < 4.78 is 5.05. The number of nitrogens with one attached hydrogen (secondary N) is 1. The van der Waals surface area contributed by atoms with Gasteiger partial charge in [0, 0.05) is 12.1 Å². The van der Waals surface area contributed by atoms with Crippen molar-refractivity contribution < 1.29 is 9.53 Å². The van der Waals surface area contributed by atoms with E-state index in [0.717, 1.165) is 0 Å². The summed E-state index contributed by atoms with van der Waals surface area (Å²) in [6.45, 7) is 4.81. The molecule has 1 aromatic rings. The van der Waals surface area contributed by atoms with E-state index in [-0.39, 0.29) is 5.91 Å². The molecule has 3 nitrogen and oxygen atoms in total. The van der Waals surface area contributed by atoms with Crippen LogP contribution in [0.4, 0.5) is 0 Å². The second-order valence-corrected chi connectivity index (χ2v) is 3.84. The van der Waals surface area contributed by atoms with Gasteiger partial charge >= 0.3 is 0 Å². The van der Waals surface area contributed by atoms with Gasteiger partial charge in [-0.15, -0.1) is 0 Å². The molecule has 1 N–H and O–H groups in total. The number of hydrogen-bond acceptors (Lipinski definition) is 2. The van der Waals surface area contributed by atoms with Crippen molar-refractivity contribution >= 4 is 5.91 Å². The highest BCUT2D eigenvalue weighted by molar-refractivity contribution is 5.94. The minimum atomic E-state index is -0.0531. The van der Waals surface area contributed by atoms with Crippen LogP contribution in [0.15, 0.2) is 24.3 Å². The Balaban J connectivity index is 2.65. The summed E-state index contributed by atoms with van der Waals surface area (Å²) in [4.78, 5) is 11.7. The molecule has 0 aromatic heterocycles. The van der Waals surface area contributed by atoms with Crippen LogP contribution in [-0.4, -0.2) is 19.6 Å². The third-order valence-corrected chi connectivity index (χ3v) is 2.00. The summed E-state index contributed by atoms with van der Waals surface area (Å²) in [6.07, 6.45) is 0. The summed E-state index contributed by atoms with van der Waals surface area (Å²) in [7, 11) is 1.59. The molecule has 0 aliphatic rings. The van der Waals surface area contributed by atoms with Crippen LogP contribution in [0.1, 0.15) is 24.2 Å². The van der Waals surface area contributed by atoms with Crippen molar-refractivity contribution in [2.75, 3.05) is 13.7 Å². The third-order valence-electron chi connectivity index (χ3n) is 2.00. The minimum absolute atomic E-state index is 0.0531. The fourth-order valence-electron chi connectivity index (χ4n) is 1.16. The predicted octanol–water partition coefficient (Wildman–Crippen LogP) is 2.08. The average molecular weight is 207 g/mol. The molecule has 3 heteroatoms. The standard InChI is InChI=1S/C12H17NO2/c1-9(2)8-13-12(14)10-5-4-6-11(7-10)15-3/h4-7,9H,8H2,1-3H3,(H,13,14). The Hall–Kier alpha value is -1.51. The van der Waals surface area contributed by atoms with Crippen molar-refractivity contribution in [3.8, 4) is 5.75 Å². The van der Waals surface area contributed by atoms with E-state index in [1.54, 1.807) is 19.2 Å². The summed E-state index contributed by atoms with van der Waals surface area (Å²) in [6, 6.07) is 7.14. The van der Waals surface area contributed by atoms with Crippen molar-refractivity contribution in [3.05, 3.63) is 29.8 Å². The van der Waals surface area contributed by atoms with Crippen LogP contribution in [-0.2, 0) is 0 Å². The normalized spacial score (nSPS) is 10.1. The highest BCUT2D eigenvalue weighted by Gasteiger charge is 2.06. The first-order chi connectivity index (χ1) is 7.13. The Labute approximate surface area is 90.4 Å². The van der Waals surface area contributed by atoms with Crippen LogP contribution in [0.3, 0.4) is 0 Å². The van der Waals surface area contributed by atoms with Crippen LogP contribution in [0, 0.1) is 5.92 Å². The van der Waals surface area contributed by atoms with Crippen LogP contribution < -0.4 is 10.1 Å². The van der Waals surface area contributed by atoms with Gasteiger partial charge in [0.25, 0.3) is 5.91 Å². The van der Waals surface area contributed by atoms with Crippen molar-refractivity contribution in [2.24, 2.45) is 5.92 Å². The molecule has 0 atom stereocenters. The Morgan fingerprint density at radius 1 is 1.47 bits per heavy atom. The Morgan fingerprint density at radius 3 is 2.80 bits per heavy atom. The van der Waals surface area contributed by atoms with Gasteiger partial charge < -0.3 is 10.1 Å². The molecule has 0 radical (unpaired) electrons. The number of ether oxygens (including phenoxy) is 1. The molecule has 0 unspecified atom stereocenters. The zero-order valence-electron chi connectivity index (χ0n) is 9.41. The lowest BCUT2D eigenvalue weighted by atomic mass is 10.2. The lowest BCUT2D eigenvalue weighted by molar-refractivity contribution is 0.0948. The van der Waals surface area contributed by atoms with Gasteiger partial charge in [0.05, 0.1) is 7.11 Å². The highest BCUT2D eigenvalue weighted by atomic mass is 16.5. The van der Waals surface area contributed by atoms with Gasteiger partial charge in [0.2, 0.25) is 0 Å². The molecule has 0 heterocycles. The first kappa shape index (κ1) is 11.6. The summed E-state index contributed by atoms with van der Waals surface area (Å²) >= 11 is 0. The second-order valence-electron chi connectivity index (χ2n) is 3.84. The van der Waals surface area contributed by atoms with Crippen LogP contribution in [0.25, 0.3) is 0 Å². The topological polar surface area (TPSA) is 38.3 Å². The van der Waals surface area contributed by atoms with Gasteiger partial charge in [-0.3, -0.25) is 4.79 Å². The molecule has 0 fully saturated rings. The van der Waals surface area contributed by atoms with E-state index in [1.165, 1.54) is 0 Å². The third kappa shape index (κ3) is 3.62. The van der Waals surface area contributed by atoms with E-state index in [9.17, 15) is 4.79 Å². The van der Waals surface area contributed by atoms with Crippen LogP contribution >= 0.6 is 0 Å². The molecule has 0 aliphatic heterocycles. The van der Waals surface area contributed by atoms with Crippen molar-refractivity contribution in [1.29, 1.82) is 0 Å². The monoisotopic (exact) mass is 207 g/mol. The number of benzene rings is 1. The zero-order chi connectivity index (χ0) is 11.3. The summed E-state index contributed by atoms with van der Waals surface area (Å²) in [5.74, 6) is 1.11. The SMILES string of the molecule is COc1cccc(C(=O)NCC(C)C)c1. The van der Waals surface area contributed by atoms with Crippen molar-refractivity contribution in [2.45, 2.75) is 13.8 Å². The van der Waals surface area contributed by atoms with E-state index in [1.807, 2.05) is 12.1 Å². The second kappa shape index (κ2) is 5.39. The molecule has 0 spiro atoms.